The van der Waals surface area contributed by atoms with Crippen molar-refractivity contribution in [2.75, 3.05) is 0 Å². The van der Waals surface area contributed by atoms with Crippen LogP contribution < -0.4 is 0 Å². The van der Waals surface area contributed by atoms with Gasteiger partial charge >= 0.3 is 6.18 Å². The molecule has 0 unspecified atom stereocenters. The summed E-state index contributed by atoms with van der Waals surface area (Å²) in [5.41, 5.74) is -2.37. The molecule has 0 amide bonds. The van der Waals surface area contributed by atoms with Crippen molar-refractivity contribution in [3.05, 3.63) is 0 Å². The predicted octanol–water partition coefficient (Wildman–Crippen LogP) is 2.10. The van der Waals surface area contributed by atoms with Crippen LogP contribution in [0.25, 0.3) is 0 Å². The van der Waals surface area contributed by atoms with Gasteiger partial charge < -0.3 is 5.11 Å². The summed E-state index contributed by atoms with van der Waals surface area (Å²) in [7, 11) is 0. The largest absolute Gasteiger partial charge is 0.417 e. The fraction of sp³-hybridized carbons (Fsp3) is 1.00. The van der Waals surface area contributed by atoms with Gasteiger partial charge in [-0.3, -0.25) is 0 Å². The van der Waals surface area contributed by atoms with Gasteiger partial charge in [0.05, 0.1) is 0 Å². The molecule has 0 aromatic rings. The topological polar surface area (TPSA) is 20.2 Å². The van der Waals surface area contributed by atoms with E-state index in [-0.39, 0.29) is 18.8 Å². The van der Waals surface area contributed by atoms with Gasteiger partial charge in [0.2, 0.25) is 0 Å². The Bertz CT molecular complexity index is 146. The molecule has 1 saturated carbocycles. The highest BCUT2D eigenvalue weighted by Gasteiger charge is 2.60. The molecule has 1 N–H and O–H groups in total. The molecule has 1 rings (SSSR count). The van der Waals surface area contributed by atoms with Crippen LogP contribution >= 0.6 is 0 Å². The maximum Gasteiger partial charge on any atom is 0.417 e. The normalized spacial score (nSPS) is 38.5. The van der Waals surface area contributed by atoms with Gasteiger partial charge in [-0.2, -0.15) is 13.2 Å². The van der Waals surface area contributed by atoms with E-state index in [2.05, 4.69) is 0 Å². The van der Waals surface area contributed by atoms with Crippen molar-refractivity contribution in [1.29, 1.82) is 0 Å². The van der Waals surface area contributed by atoms with Crippen molar-refractivity contribution in [2.45, 2.75) is 38.0 Å². The number of aliphatic hydroxyl groups is 1. The molecule has 0 aromatic carbocycles. The second kappa shape index (κ2) is 2.37. The lowest BCUT2D eigenvalue weighted by Crippen LogP contribution is -2.54. The zero-order valence-corrected chi connectivity index (χ0v) is 6.28. The molecule has 0 spiro atoms. The van der Waals surface area contributed by atoms with E-state index in [9.17, 15) is 13.2 Å². The maximum absolute atomic E-state index is 11.9. The second-order valence-corrected chi connectivity index (χ2v) is 3.21. The molecule has 1 aliphatic rings. The molecule has 0 radical (unpaired) electrons. The lowest BCUT2D eigenvalue weighted by molar-refractivity contribution is -0.299. The fourth-order valence-corrected chi connectivity index (χ4v) is 1.42. The average molecular weight is 168 g/mol. The molecule has 1 nitrogen and oxygen atoms in total. The Kier molecular flexibility index (Phi) is 1.90. The standard InChI is InChI=1S/C7H11F3O/c1-2-5-3-6(11,4-5)7(8,9)10/h5,11H,2-4H2,1H3/t5-,6+. The molecule has 4 heteroatoms. The Morgan fingerprint density at radius 3 is 2.18 bits per heavy atom. The van der Waals surface area contributed by atoms with Crippen LogP contribution in [0.3, 0.4) is 0 Å². The van der Waals surface area contributed by atoms with Crippen molar-refractivity contribution in [3.63, 3.8) is 0 Å². The molecule has 0 aliphatic heterocycles. The third-order valence-corrected chi connectivity index (χ3v) is 2.36. The molecule has 0 aromatic heterocycles. The molecule has 0 atom stereocenters. The van der Waals surface area contributed by atoms with Crippen molar-refractivity contribution in [2.24, 2.45) is 5.92 Å². The van der Waals surface area contributed by atoms with Gasteiger partial charge in [-0.15, -0.1) is 0 Å². The summed E-state index contributed by atoms with van der Waals surface area (Å²) in [6, 6.07) is 0. The molecule has 66 valence electrons. The Morgan fingerprint density at radius 1 is 1.45 bits per heavy atom. The summed E-state index contributed by atoms with van der Waals surface area (Å²) in [5.74, 6) is 0.0571. The summed E-state index contributed by atoms with van der Waals surface area (Å²) >= 11 is 0. The van der Waals surface area contributed by atoms with Gasteiger partial charge in [-0.1, -0.05) is 13.3 Å². The quantitative estimate of drug-likeness (QED) is 0.635. The minimum Gasteiger partial charge on any atom is -0.380 e. The van der Waals surface area contributed by atoms with Gasteiger partial charge in [0.25, 0.3) is 0 Å². The number of alkyl halides is 3. The summed E-state index contributed by atoms with van der Waals surface area (Å²) < 4.78 is 35.8. The summed E-state index contributed by atoms with van der Waals surface area (Å²) in [6.07, 6.45) is -3.95. The smallest absolute Gasteiger partial charge is 0.380 e. The van der Waals surface area contributed by atoms with E-state index in [1.807, 2.05) is 6.92 Å². The molecular formula is C7H11F3O. The van der Waals surface area contributed by atoms with Crippen LogP contribution in [0.5, 0.6) is 0 Å². The molecule has 0 bridgehead atoms. The first-order valence-corrected chi connectivity index (χ1v) is 3.68. The summed E-state index contributed by atoms with van der Waals surface area (Å²) in [6.45, 7) is 1.83. The van der Waals surface area contributed by atoms with Gasteiger partial charge in [0, 0.05) is 0 Å². The van der Waals surface area contributed by atoms with Gasteiger partial charge in [0.15, 0.2) is 5.60 Å². The highest BCUT2D eigenvalue weighted by atomic mass is 19.4. The van der Waals surface area contributed by atoms with Crippen molar-refractivity contribution in [1.82, 2.24) is 0 Å². The Morgan fingerprint density at radius 2 is 1.91 bits per heavy atom. The van der Waals surface area contributed by atoms with Crippen LogP contribution in [0.1, 0.15) is 26.2 Å². The van der Waals surface area contributed by atoms with Crippen LogP contribution in [0.15, 0.2) is 0 Å². The lowest BCUT2D eigenvalue weighted by atomic mass is 9.69. The van der Waals surface area contributed by atoms with E-state index < -0.39 is 11.8 Å². The molecule has 11 heavy (non-hydrogen) atoms. The fourth-order valence-electron chi connectivity index (χ4n) is 1.42. The Hall–Kier alpha value is -0.250. The summed E-state index contributed by atoms with van der Waals surface area (Å²) in [4.78, 5) is 0. The molecule has 0 saturated heterocycles. The lowest BCUT2D eigenvalue weighted by Gasteiger charge is -2.44. The van der Waals surface area contributed by atoms with E-state index in [0.29, 0.717) is 0 Å². The van der Waals surface area contributed by atoms with E-state index >= 15 is 0 Å². The first-order valence-electron chi connectivity index (χ1n) is 3.68. The number of hydrogen-bond acceptors (Lipinski definition) is 1. The SMILES string of the molecule is CC[C@H]1C[C@](O)(C(F)(F)F)C1. The predicted molar refractivity (Wildman–Crippen MR) is 34.0 cm³/mol. The Labute approximate surface area is 63.2 Å². The van der Waals surface area contributed by atoms with Crippen LogP contribution in [-0.2, 0) is 0 Å². The van der Waals surface area contributed by atoms with Crippen LogP contribution in [-0.4, -0.2) is 16.9 Å². The van der Waals surface area contributed by atoms with Gasteiger partial charge in [-0.05, 0) is 18.8 Å². The van der Waals surface area contributed by atoms with E-state index in [4.69, 9.17) is 5.11 Å². The molecule has 1 fully saturated rings. The van der Waals surface area contributed by atoms with Crippen molar-refractivity contribution in [3.8, 4) is 0 Å². The first-order chi connectivity index (χ1) is 4.89. The highest BCUT2D eigenvalue weighted by molar-refractivity contribution is 4.98. The number of rotatable bonds is 1. The van der Waals surface area contributed by atoms with Gasteiger partial charge in [-0.25, -0.2) is 0 Å². The third-order valence-electron chi connectivity index (χ3n) is 2.36. The average Bonchev–Trinajstić information content (AvgIpc) is 1.78. The first kappa shape index (κ1) is 8.84. The molecular weight excluding hydrogens is 157 g/mol. The number of hydrogen-bond donors (Lipinski definition) is 1. The van der Waals surface area contributed by atoms with Crippen molar-refractivity contribution >= 4 is 0 Å². The van der Waals surface area contributed by atoms with Gasteiger partial charge in [0.1, 0.15) is 0 Å². The second-order valence-electron chi connectivity index (χ2n) is 3.21. The maximum atomic E-state index is 11.9. The van der Waals surface area contributed by atoms with Crippen molar-refractivity contribution < 1.29 is 18.3 Å². The number of halogens is 3. The molecule has 1 aliphatic carbocycles. The van der Waals surface area contributed by atoms with Crippen LogP contribution in [0.4, 0.5) is 13.2 Å². The zero-order chi connectivity index (χ0) is 8.70. The Balaban J connectivity index is 2.49. The monoisotopic (exact) mass is 168 g/mol. The van der Waals surface area contributed by atoms with Crippen LogP contribution in [0, 0.1) is 5.92 Å². The van der Waals surface area contributed by atoms with E-state index in [1.165, 1.54) is 0 Å². The minimum absolute atomic E-state index is 0.0571. The zero-order valence-electron chi connectivity index (χ0n) is 6.28. The minimum atomic E-state index is -4.43. The van der Waals surface area contributed by atoms with Crippen LogP contribution in [0.2, 0.25) is 0 Å². The molecule has 0 heterocycles. The third kappa shape index (κ3) is 1.36. The highest BCUT2D eigenvalue weighted by Crippen LogP contribution is 2.49. The van der Waals surface area contributed by atoms with E-state index in [0.717, 1.165) is 6.42 Å². The summed E-state index contributed by atoms with van der Waals surface area (Å²) in [5, 5.41) is 8.92. The van der Waals surface area contributed by atoms with E-state index in [1.54, 1.807) is 0 Å².